The lowest BCUT2D eigenvalue weighted by Gasteiger charge is -2.22. The van der Waals surface area contributed by atoms with Crippen molar-refractivity contribution in [2.45, 2.75) is 105 Å². The number of aromatic nitrogens is 1. The lowest BCUT2D eigenvalue weighted by molar-refractivity contribution is 0.0178. The molecule has 0 aliphatic rings. The number of aryl methyl sites for hydroxylation is 1. The molecule has 1 aromatic rings. The van der Waals surface area contributed by atoms with E-state index in [1.807, 2.05) is 13.8 Å². The number of aliphatic imine (C=N–C) groups is 1. The number of nitrogens with one attached hydrogen (secondary N) is 2. The van der Waals surface area contributed by atoms with E-state index < -0.39 is 35.0 Å². The lowest BCUT2D eigenvalue weighted by atomic mass is 10.1. The van der Waals surface area contributed by atoms with Gasteiger partial charge in [0.1, 0.15) is 21.7 Å². The van der Waals surface area contributed by atoms with Crippen molar-refractivity contribution in [3.63, 3.8) is 0 Å². The van der Waals surface area contributed by atoms with Crippen molar-refractivity contribution < 1.29 is 28.6 Å². The molecule has 0 aliphatic heterocycles. The van der Waals surface area contributed by atoms with E-state index in [2.05, 4.69) is 27.2 Å². The van der Waals surface area contributed by atoms with Gasteiger partial charge >= 0.3 is 18.2 Å². The summed E-state index contributed by atoms with van der Waals surface area (Å²) in [5.41, 5.74) is -1.55. The van der Waals surface area contributed by atoms with Crippen LogP contribution in [0.15, 0.2) is 17.6 Å². The number of nitrogens with zero attached hydrogens (tertiary/aromatic N) is 2. The molecule has 2 N–H and O–H groups in total. The number of rotatable bonds is 8. The highest BCUT2D eigenvalue weighted by molar-refractivity contribution is 7.13. The lowest BCUT2D eigenvalue weighted by Crippen LogP contribution is -2.47. The van der Waals surface area contributed by atoms with Crippen LogP contribution in [-0.4, -0.2) is 52.4 Å². The van der Waals surface area contributed by atoms with Crippen LogP contribution >= 0.6 is 11.3 Å². The molecule has 10 nitrogen and oxygen atoms in total. The maximum Gasteiger partial charge on any atom is 0.414 e. The van der Waals surface area contributed by atoms with Gasteiger partial charge in [0, 0.05) is 13.0 Å². The van der Waals surface area contributed by atoms with Crippen LogP contribution in [-0.2, 0) is 20.6 Å². The van der Waals surface area contributed by atoms with Gasteiger partial charge in [-0.3, -0.25) is 15.6 Å². The van der Waals surface area contributed by atoms with Crippen LogP contribution in [0.1, 0.15) is 102 Å². The number of hydrogen-bond acceptors (Lipinski definition) is 9. The zero-order valence-electron chi connectivity index (χ0n) is 23.7. The number of hydrogen-bond donors (Lipinski definition) is 2. The third-order valence-corrected chi connectivity index (χ3v) is 5.45. The van der Waals surface area contributed by atoms with E-state index >= 15 is 0 Å². The number of carbonyl (C=O) groups is 3. The molecule has 1 heterocycles. The average Bonchev–Trinajstić information content (AvgIpc) is 3.12. The summed E-state index contributed by atoms with van der Waals surface area (Å²) in [7, 11) is 0. The van der Waals surface area contributed by atoms with Crippen molar-refractivity contribution in [3.8, 4) is 0 Å². The quantitative estimate of drug-likeness (QED) is 0.108. The molecule has 0 radical (unpaired) electrons. The third-order valence-electron chi connectivity index (χ3n) is 4.33. The smallest absolute Gasteiger partial charge is 0.414 e. The minimum Gasteiger partial charge on any atom is -0.451 e. The molecule has 0 aliphatic carbocycles. The van der Waals surface area contributed by atoms with Crippen LogP contribution in [0.5, 0.6) is 0 Å². The first-order valence-electron chi connectivity index (χ1n) is 12.2. The minimum atomic E-state index is -0.789. The van der Waals surface area contributed by atoms with Crippen molar-refractivity contribution in [1.82, 2.24) is 15.6 Å². The number of ether oxygens (including phenoxy) is 3. The van der Waals surface area contributed by atoms with Gasteiger partial charge in [-0.2, -0.15) is 0 Å². The van der Waals surface area contributed by atoms with Crippen LogP contribution in [0.4, 0.5) is 9.59 Å². The number of guanidine groups is 1. The van der Waals surface area contributed by atoms with E-state index in [0.29, 0.717) is 23.4 Å². The van der Waals surface area contributed by atoms with E-state index in [1.165, 1.54) is 11.3 Å². The molecule has 0 atom stereocenters. The number of esters is 1. The molecule has 37 heavy (non-hydrogen) atoms. The summed E-state index contributed by atoms with van der Waals surface area (Å²) < 4.78 is 16.1. The van der Waals surface area contributed by atoms with E-state index in [4.69, 9.17) is 14.2 Å². The Morgan fingerprint density at radius 3 is 1.92 bits per heavy atom. The molecule has 1 rings (SSSR count). The van der Waals surface area contributed by atoms with Crippen molar-refractivity contribution in [1.29, 1.82) is 0 Å². The molecule has 208 valence electrons. The molecule has 0 saturated heterocycles. The molecule has 0 spiro atoms. The Kier molecular flexibility index (Phi) is 11.3. The minimum absolute atomic E-state index is 0.0417. The van der Waals surface area contributed by atoms with E-state index in [9.17, 15) is 14.4 Å². The Labute approximate surface area is 224 Å². The van der Waals surface area contributed by atoms with Gasteiger partial charge in [0.2, 0.25) is 5.96 Å². The maximum atomic E-state index is 12.8. The Morgan fingerprint density at radius 2 is 1.49 bits per heavy atom. The number of thiazole rings is 1. The molecule has 11 heteroatoms. The van der Waals surface area contributed by atoms with Gasteiger partial charge < -0.3 is 14.2 Å². The highest BCUT2D eigenvalue weighted by atomic mass is 32.1. The van der Waals surface area contributed by atoms with Gasteiger partial charge in [0.05, 0.1) is 10.7 Å². The second-order valence-electron chi connectivity index (χ2n) is 11.3. The number of amides is 2. The molecule has 0 fully saturated rings. The molecular formula is C26H42N4O6S. The topological polar surface area (TPSA) is 128 Å². The fourth-order valence-electron chi connectivity index (χ4n) is 2.68. The molecule has 0 bridgehead atoms. The first kappa shape index (κ1) is 32.1. The van der Waals surface area contributed by atoms with Gasteiger partial charge in [0.15, 0.2) is 0 Å². The van der Waals surface area contributed by atoms with E-state index in [1.54, 1.807) is 61.5 Å². The summed E-state index contributed by atoms with van der Waals surface area (Å²) in [6, 6.07) is 0. The molecule has 0 aromatic carbocycles. The Balaban J connectivity index is 2.94. The van der Waals surface area contributed by atoms with E-state index in [-0.39, 0.29) is 18.4 Å². The highest BCUT2D eigenvalue weighted by Crippen LogP contribution is 2.28. The average molecular weight is 539 g/mol. The summed E-state index contributed by atoms with van der Waals surface area (Å²) in [5.74, 6) is -0.470. The summed E-state index contributed by atoms with van der Waals surface area (Å²) in [6.07, 6.45) is 1.16. The van der Waals surface area contributed by atoms with Crippen LogP contribution in [0.2, 0.25) is 0 Å². The van der Waals surface area contributed by atoms with Crippen molar-refractivity contribution in [3.05, 3.63) is 28.2 Å². The molecular weight excluding hydrogens is 496 g/mol. The first-order valence-corrected chi connectivity index (χ1v) is 13.0. The zero-order chi connectivity index (χ0) is 28.6. The highest BCUT2D eigenvalue weighted by Gasteiger charge is 2.26. The fraction of sp³-hybridized carbons (Fsp3) is 0.654. The van der Waals surface area contributed by atoms with Crippen LogP contribution < -0.4 is 10.6 Å². The zero-order valence-corrected chi connectivity index (χ0v) is 24.6. The SMILES string of the molecule is C=CC(C)(C)OC(=O)c1sc(CCCN=C(NC(=O)OC(C)(C)C)NC(=O)OC(C)(C)C)nc1C(C)C. The monoisotopic (exact) mass is 538 g/mol. The molecule has 0 unspecified atom stereocenters. The van der Waals surface area contributed by atoms with Crippen molar-refractivity contribution in [2.24, 2.45) is 4.99 Å². The van der Waals surface area contributed by atoms with Gasteiger partial charge in [-0.25, -0.2) is 19.4 Å². The van der Waals surface area contributed by atoms with E-state index in [0.717, 1.165) is 5.01 Å². The molecule has 1 aromatic heterocycles. The normalized spacial score (nSPS) is 12.0. The third kappa shape index (κ3) is 12.7. The van der Waals surface area contributed by atoms with Gasteiger partial charge in [-0.15, -0.1) is 11.3 Å². The van der Waals surface area contributed by atoms with Crippen LogP contribution in [0.25, 0.3) is 0 Å². The fourth-order valence-corrected chi connectivity index (χ4v) is 3.82. The summed E-state index contributed by atoms with van der Waals surface area (Å²) in [6.45, 7) is 21.8. The van der Waals surface area contributed by atoms with Gasteiger partial charge in [-0.05, 0) is 73.8 Å². The summed E-state index contributed by atoms with van der Waals surface area (Å²) >= 11 is 1.29. The standard InChI is InChI=1S/C26H42N4O6S/c1-12-26(10,11)34-20(31)19-18(16(2)3)28-17(37-19)14-13-15-27-21(29-22(32)35-24(4,5)6)30-23(33)36-25(7,8)9/h12,16H,1,13-15H2,2-11H3,(H2,27,29,30,32,33). The summed E-state index contributed by atoms with van der Waals surface area (Å²) in [5, 5.41) is 5.68. The Bertz CT molecular complexity index is 968. The van der Waals surface area contributed by atoms with Crippen LogP contribution in [0.3, 0.4) is 0 Å². The van der Waals surface area contributed by atoms with Crippen LogP contribution in [0, 0.1) is 0 Å². The first-order chi connectivity index (χ1) is 16.8. The summed E-state index contributed by atoms with van der Waals surface area (Å²) in [4.78, 5) is 46.6. The number of carbonyl (C=O) groups excluding carboxylic acids is 3. The predicted molar refractivity (Wildman–Crippen MR) is 145 cm³/mol. The second-order valence-corrected chi connectivity index (χ2v) is 12.3. The molecule has 2 amide bonds. The largest absolute Gasteiger partial charge is 0.451 e. The van der Waals surface area contributed by atoms with Gasteiger partial charge in [0.25, 0.3) is 0 Å². The maximum absolute atomic E-state index is 12.8. The van der Waals surface area contributed by atoms with Crippen molar-refractivity contribution in [2.75, 3.05) is 6.54 Å². The number of alkyl carbamates (subject to hydrolysis) is 2. The second kappa shape index (κ2) is 13.0. The molecule has 0 saturated carbocycles. The van der Waals surface area contributed by atoms with Crippen molar-refractivity contribution >= 4 is 35.5 Å². The predicted octanol–water partition coefficient (Wildman–Crippen LogP) is 5.73. The Morgan fingerprint density at radius 1 is 0.973 bits per heavy atom. The Hall–Kier alpha value is -2.95. The van der Waals surface area contributed by atoms with Gasteiger partial charge in [-0.1, -0.05) is 20.4 Å².